The quantitative estimate of drug-likeness (QED) is 0.360. The summed E-state index contributed by atoms with van der Waals surface area (Å²) in [6, 6.07) is 1.21. The van der Waals surface area contributed by atoms with Crippen LogP contribution in [0.1, 0.15) is 71.6 Å². The highest BCUT2D eigenvalue weighted by atomic mass is 16.5. The topological polar surface area (TPSA) is 52.1 Å². The molecular formula is C26H43N5O. The summed E-state index contributed by atoms with van der Waals surface area (Å²) >= 11 is 0. The first-order chi connectivity index (χ1) is 15.7. The average molecular weight is 442 g/mol. The number of allylic oxidation sites excluding steroid dienone is 1. The Kier molecular flexibility index (Phi) is 6.91. The van der Waals surface area contributed by atoms with Crippen LogP contribution in [0.4, 0.5) is 0 Å². The van der Waals surface area contributed by atoms with Crippen molar-refractivity contribution in [1.29, 1.82) is 0 Å². The van der Waals surface area contributed by atoms with Gasteiger partial charge >= 0.3 is 0 Å². The fourth-order valence-electron chi connectivity index (χ4n) is 6.59. The summed E-state index contributed by atoms with van der Waals surface area (Å²) in [6.45, 7) is 11.9. The van der Waals surface area contributed by atoms with Gasteiger partial charge in [-0.15, -0.1) is 0 Å². The molecule has 0 aliphatic carbocycles. The van der Waals surface area contributed by atoms with Gasteiger partial charge in [-0.2, -0.15) is 4.99 Å². The Morgan fingerprint density at radius 2 is 1.94 bits per heavy atom. The molecule has 6 heteroatoms. The highest BCUT2D eigenvalue weighted by Gasteiger charge is 2.45. The van der Waals surface area contributed by atoms with Gasteiger partial charge in [0.15, 0.2) is 0 Å². The van der Waals surface area contributed by atoms with Crippen LogP contribution in [0.3, 0.4) is 0 Å². The summed E-state index contributed by atoms with van der Waals surface area (Å²) in [7, 11) is 0. The minimum absolute atomic E-state index is 0.263. The second kappa shape index (κ2) is 9.86. The first-order valence-electron chi connectivity index (χ1n) is 13.2. The van der Waals surface area contributed by atoms with Crippen molar-refractivity contribution >= 4 is 5.84 Å². The van der Waals surface area contributed by atoms with Crippen molar-refractivity contribution in [3.63, 3.8) is 0 Å². The second-order valence-electron chi connectivity index (χ2n) is 10.7. The van der Waals surface area contributed by atoms with E-state index in [1.165, 1.54) is 68.6 Å². The third kappa shape index (κ3) is 4.64. The average Bonchev–Trinajstić information content (AvgIpc) is 3.47. The van der Waals surface area contributed by atoms with Crippen LogP contribution in [0.15, 0.2) is 28.1 Å². The van der Waals surface area contributed by atoms with Gasteiger partial charge in [0.2, 0.25) is 5.88 Å². The lowest BCUT2D eigenvalue weighted by Crippen LogP contribution is -2.54. The largest absolute Gasteiger partial charge is 0.476 e. The number of nitrogens with one attached hydrogen (secondary N) is 2. The van der Waals surface area contributed by atoms with Gasteiger partial charge in [-0.25, -0.2) is 0 Å². The van der Waals surface area contributed by atoms with Crippen LogP contribution in [0, 0.1) is 0 Å². The van der Waals surface area contributed by atoms with Crippen LogP contribution in [-0.2, 0) is 4.74 Å². The maximum absolute atomic E-state index is 6.60. The summed E-state index contributed by atoms with van der Waals surface area (Å²) in [5.74, 6) is 2.05. The molecule has 6 nitrogen and oxygen atoms in total. The SMILES string of the molecule is CCC/C=C(/N=C(\C1=C(C)CNCC1)N1CC2CCC(C1)N2)OCC12CCCN1CCC2. The summed E-state index contributed by atoms with van der Waals surface area (Å²) in [6.07, 6.45) is 13.2. The minimum atomic E-state index is 0.263. The smallest absolute Gasteiger partial charge is 0.211 e. The van der Waals surface area contributed by atoms with Gasteiger partial charge in [-0.1, -0.05) is 18.9 Å². The van der Waals surface area contributed by atoms with E-state index in [2.05, 4.69) is 40.4 Å². The lowest BCUT2D eigenvalue weighted by molar-refractivity contribution is 0.0716. The monoisotopic (exact) mass is 441 g/mol. The molecule has 5 heterocycles. The van der Waals surface area contributed by atoms with Gasteiger partial charge < -0.3 is 20.3 Å². The fourth-order valence-corrected chi connectivity index (χ4v) is 6.59. The number of rotatable bonds is 7. The molecule has 2 atom stereocenters. The Balaban J connectivity index is 1.41. The van der Waals surface area contributed by atoms with Gasteiger partial charge in [-0.05, 0) is 89.6 Å². The summed E-state index contributed by atoms with van der Waals surface area (Å²) in [5, 5.41) is 7.32. The lowest BCUT2D eigenvalue weighted by atomic mass is 9.95. The molecule has 4 saturated heterocycles. The van der Waals surface area contributed by atoms with Crippen LogP contribution in [-0.4, -0.2) is 79.1 Å². The molecule has 5 rings (SSSR count). The number of likely N-dealkylation sites (tertiary alicyclic amines) is 1. The van der Waals surface area contributed by atoms with Crippen LogP contribution in [0.2, 0.25) is 0 Å². The van der Waals surface area contributed by atoms with E-state index in [0.717, 1.165) is 57.9 Å². The molecule has 0 saturated carbocycles. The summed E-state index contributed by atoms with van der Waals surface area (Å²) in [4.78, 5) is 10.6. The van der Waals surface area contributed by atoms with Crippen molar-refractivity contribution in [1.82, 2.24) is 20.4 Å². The van der Waals surface area contributed by atoms with Gasteiger partial charge in [0.25, 0.3) is 0 Å². The normalized spacial score (nSPS) is 30.9. The van der Waals surface area contributed by atoms with Crippen LogP contribution < -0.4 is 10.6 Å². The van der Waals surface area contributed by atoms with Crippen LogP contribution >= 0.6 is 0 Å². The number of hydrogen-bond acceptors (Lipinski definition) is 5. The van der Waals surface area contributed by atoms with Crippen molar-refractivity contribution in [2.24, 2.45) is 4.99 Å². The first-order valence-corrected chi connectivity index (χ1v) is 13.2. The Morgan fingerprint density at radius 3 is 2.62 bits per heavy atom. The van der Waals surface area contributed by atoms with Gasteiger partial charge in [-0.3, -0.25) is 4.90 Å². The molecule has 32 heavy (non-hydrogen) atoms. The van der Waals surface area contributed by atoms with Crippen molar-refractivity contribution in [2.75, 3.05) is 45.9 Å². The zero-order chi connectivity index (χ0) is 22.0. The lowest BCUT2D eigenvalue weighted by Gasteiger charge is -2.37. The third-order valence-corrected chi connectivity index (χ3v) is 8.37. The predicted octanol–water partition coefficient (Wildman–Crippen LogP) is 3.42. The molecule has 0 aromatic rings. The van der Waals surface area contributed by atoms with E-state index < -0.39 is 0 Å². The Bertz CT molecular complexity index is 750. The van der Waals surface area contributed by atoms with E-state index >= 15 is 0 Å². The van der Waals surface area contributed by atoms with Gasteiger partial charge in [0.1, 0.15) is 12.4 Å². The van der Waals surface area contributed by atoms with Gasteiger partial charge in [0, 0.05) is 31.7 Å². The molecule has 0 aromatic heterocycles. The molecule has 2 bridgehead atoms. The number of amidine groups is 1. The minimum Gasteiger partial charge on any atom is -0.476 e. The summed E-state index contributed by atoms with van der Waals surface area (Å²) < 4.78 is 6.60. The van der Waals surface area contributed by atoms with Gasteiger partial charge in [0.05, 0.1) is 5.54 Å². The number of piperazine rings is 1. The summed E-state index contributed by atoms with van der Waals surface area (Å²) in [5.41, 5.74) is 3.14. The molecule has 5 aliphatic rings. The van der Waals surface area contributed by atoms with E-state index in [1.54, 1.807) is 0 Å². The standard InChI is InChI=1S/C26H43N5O/c1-3-4-7-24(32-19-26-11-5-14-31(26)15-6-12-26)29-25(23-10-13-27-16-20(23)2)30-17-21-8-9-22(18-30)28-21/h7,21-22,27-28H,3-6,8-19H2,1-2H3/b24-7-,29-25+. The molecule has 0 aromatic carbocycles. The molecule has 5 aliphatic heterocycles. The fraction of sp³-hybridized carbons (Fsp3) is 0.808. The van der Waals surface area contributed by atoms with E-state index in [4.69, 9.17) is 9.73 Å². The zero-order valence-corrected chi connectivity index (χ0v) is 20.3. The highest BCUT2D eigenvalue weighted by molar-refractivity contribution is 6.00. The number of fused-ring (bicyclic) bond motifs is 3. The van der Waals surface area contributed by atoms with Crippen molar-refractivity contribution in [2.45, 2.75) is 89.3 Å². The van der Waals surface area contributed by atoms with E-state index in [-0.39, 0.29) is 5.54 Å². The van der Waals surface area contributed by atoms with Crippen LogP contribution in [0.25, 0.3) is 0 Å². The van der Waals surface area contributed by atoms with Crippen molar-refractivity contribution in [3.8, 4) is 0 Å². The molecule has 0 amide bonds. The maximum Gasteiger partial charge on any atom is 0.211 e. The molecule has 0 spiro atoms. The van der Waals surface area contributed by atoms with Crippen molar-refractivity contribution in [3.05, 3.63) is 23.1 Å². The van der Waals surface area contributed by atoms with E-state index in [1.807, 2.05) is 0 Å². The maximum atomic E-state index is 6.60. The highest BCUT2D eigenvalue weighted by Crippen LogP contribution is 2.39. The van der Waals surface area contributed by atoms with E-state index in [0.29, 0.717) is 12.1 Å². The molecule has 178 valence electrons. The number of unbranched alkanes of at least 4 members (excludes halogenated alkanes) is 1. The zero-order valence-electron chi connectivity index (χ0n) is 20.3. The molecule has 2 unspecified atom stereocenters. The number of aliphatic imine (C=N–C) groups is 1. The molecular weight excluding hydrogens is 398 g/mol. The third-order valence-electron chi connectivity index (χ3n) is 8.37. The van der Waals surface area contributed by atoms with Crippen molar-refractivity contribution < 1.29 is 4.74 Å². The predicted molar refractivity (Wildman–Crippen MR) is 131 cm³/mol. The number of hydrogen-bond donors (Lipinski definition) is 2. The second-order valence-corrected chi connectivity index (χ2v) is 10.7. The number of nitrogens with zero attached hydrogens (tertiary/aromatic N) is 3. The first kappa shape index (κ1) is 22.4. The van der Waals surface area contributed by atoms with E-state index in [9.17, 15) is 0 Å². The molecule has 2 N–H and O–H groups in total. The Labute approximate surface area is 194 Å². The number of ether oxygens (including phenoxy) is 1. The Hall–Kier alpha value is -1.37. The Morgan fingerprint density at radius 1 is 1.19 bits per heavy atom. The van der Waals surface area contributed by atoms with Crippen LogP contribution in [0.5, 0.6) is 0 Å². The molecule has 0 radical (unpaired) electrons. The molecule has 4 fully saturated rings.